The van der Waals surface area contributed by atoms with E-state index in [9.17, 15) is 14.7 Å². The minimum atomic E-state index is -0.758. The van der Waals surface area contributed by atoms with Gasteiger partial charge in [-0.1, -0.05) is 45.0 Å². The molecule has 6 nitrogen and oxygen atoms in total. The van der Waals surface area contributed by atoms with Crippen LogP contribution in [0.4, 0.5) is 4.79 Å². The first-order chi connectivity index (χ1) is 12.4. The van der Waals surface area contributed by atoms with E-state index in [0.29, 0.717) is 13.0 Å². The molecule has 0 saturated carbocycles. The molecule has 0 spiro atoms. The maximum atomic E-state index is 13.4. The lowest BCUT2D eigenvalue weighted by atomic mass is 9.84. The summed E-state index contributed by atoms with van der Waals surface area (Å²) >= 11 is 0. The average Bonchev–Trinajstić information content (AvgIpc) is 2.55. The van der Waals surface area contributed by atoms with Crippen LogP contribution in [0, 0.1) is 5.41 Å². The maximum Gasteiger partial charge on any atom is 0.408 e. The van der Waals surface area contributed by atoms with E-state index in [1.54, 1.807) is 25.7 Å². The Labute approximate surface area is 161 Å². The first kappa shape index (κ1) is 21.2. The average molecular weight is 376 g/mol. The minimum Gasteiger partial charge on any atom is -0.444 e. The van der Waals surface area contributed by atoms with Crippen LogP contribution in [-0.4, -0.2) is 46.3 Å². The fourth-order valence-corrected chi connectivity index (χ4v) is 3.25. The lowest BCUT2D eigenvalue weighted by Gasteiger charge is -2.41. The number of nitrogens with zero attached hydrogens (tertiary/aromatic N) is 1. The monoisotopic (exact) mass is 376 g/mol. The Morgan fingerprint density at radius 2 is 1.78 bits per heavy atom. The second kappa shape index (κ2) is 7.89. The van der Waals surface area contributed by atoms with Gasteiger partial charge in [-0.15, -0.1) is 0 Å². The summed E-state index contributed by atoms with van der Waals surface area (Å²) in [4.78, 5) is 27.3. The topological polar surface area (TPSA) is 78.9 Å². The van der Waals surface area contributed by atoms with Gasteiger partial charge >= 0.3 is 6.09 Å². The molecular weight excluding hydrogens is 344 g/mol. The van der Waals surface area contributed by atoms with E-state index in [4.69, 9.17) is 4.74 Å². The molecule has 0 aromatic heterocycles. The minimum absolute atomic E-state index is 0.122. The van der Waals surface area contributed by atoms with E-state index in [0.717, 1.165) is 11.1 Å². The zero-order chi connectivity index (χ0) is 20.4. The van der Waals surface area contributed by atoms with Gasteiger partial charge in [0, 0.05) is 6.54 Å². The molecule has 2 rings (SSSR count). The van der Waals surface area contributed by atoms with Crippen molar-refractivity contribution in [3.8, 4) is 0 Å². The Balaban J connectivity index is 2.25. The van der Waals surface area contributed by atoms with Gasteiger partial charge in [0.05, 0.1) is 12.6 Å². The Hall–Kier alpha value is -2.08. The fraction of sp³-hybridized carbons (Fsp3) is 0.619. The van der Waals surface area contributed by atoms with Crippen molar-refractivity contribution in [2.75, 3.05) is 6.61 Å². The number of alkyl carbamates (subject to hydrolysis) is 1. The number of rotatable bonds is 3. The molecule has 1 heterocycles. The van der Waals surface area contributed by atoms with E-state index in [1.165, 1.54) is 0 Å². The van der Waals surface area contributed by atoms with Crippen molar-refractivity contribution in [1.29, 1.82) is 0 Å². The molecule has 0 saturated heterocycles. The van der Waals surface area contributed by atoms with Crippen LogP contribution in [0.15, 0.2) is 24.3 Å². The van der Waals surface area contributed by atoms with Crippen molar-refractivity contribution >= 4 is 12.0 Å². The Bertz CT molecular complexity index is 688. The number of fused-ring (bicyclic) bond motifs is 1. The third-order valence-corrected chi connectivity index (χ3v) is 4.62. The second-order valence-corrected chi connectivity index (χ2v) is 9.22. The van der Waals surface area contributed by atoms with Gasteiger partial charge < -0.3 is 20.1 Å². The van der Waals surface area contributed by atoms with Crippen molar-refractivity contribution in [1.82, 2.24) is 10.2 Å². The van der Waals surface area contributed by atoms with Gasteiger partial charge in [0.25, 0.3) is 0 Å². The number of hydrogen-bond donors (Lipinski definition) is 2. The maximum absolute atomic E-state index is 13.4. The summed E-state index contributed by atoms with van der Waals surface area (Å²) in [7, 11) is 0. The molecule has 2 amide bonds. The van der Waals surface area contributed by atoms with Crippen molar-refractivity contribution in [2.45, 2.75) is 72.2 Å². The Morgan fingerprint density at radius 1 is 1.19 bits per heavy atom. The number of ether oxygens (including phenoxy) is 1. The molecule has 0 aliphatic carbocycles. The van der Waals surface area contributed by atoms with Gasteiger partial charge in [-0.05, 0) is 43.7 Å². The van der Waals surface area contributed by atoms with E-state index in [1.807, 2.05) is 45.0 Å². The lowest BCUT2D eigenvalue weighted by Crippen LogP contribution is -2.58. The molecule has 150 valence electrons. The summed E-state index contributed by atoms with van der Waals surface area (Å²) in [5.41, 5.74) is 1.06. The van der Waals surface area contributed by atoms with E-state index in [-0.39, 0.29) is 18.6 Å². The van der Waals surface area contributed by atoms with Crippen molar-refractivity contribution < 1.29 is 19.4 Å². The van der Waals surface area contributed by atoms with Gasteiger partial charge in [0.1, 0.15) is 11.6 Å². The van der Waals surface area contributed by atoms with Crippen molar-refractivity contribution in [3.63, 3.8) is 0 Å². The summed E-state index contributed by atoms with van der Waals surface area (Å²) < 4.78 is 5.34. The number of aliphatic hydroxyl groups excluding tert-OH is 1. The van der Waals surface area contributed by atoms with Crippen LogP contribution in [0.1, 0.15) is 52.7 Å². The molecule has 1 aromatic rings. The van der Waals surface area contributed by atoms with Crippen molar-refractivity contribution in [3.05, 3.63) is 35.4 Å². The van der Waals surface area contributed by atoms with Gasteiger partial charge in [0.2, 0.25) is 5.91 Å². The quantitative estimate of drug-likeness (QED) is 0.850. The molecule has 0 bridgehead atoms. The predicted octanol–water partition coefficient (Wildman–Crippen LogP) is 2.87. The van der Waals surface area contributed by atoms with Gasteiger partial charge in [-0.2, -0.15) is 0 Å². The fourth-order valence-electron chi connectivity index (χ4n) is 3.25. The van der Waals surface area contributed by atoms with Crippen LogP contribution in [0.2, 0.25) is 0 Å². The number of aliphatic hydroxyl groups is 1. The number of carbonyl (C=O) groups is 2. The Kier molecular flexibility index (Phi) is 6.20. The SMILES string of the molecule is CC(C)(C)OC(=O)NC(C(=O)N1Cc2ccccc2CC1CO)C(C)(C)C. The molecule has 1 aliphatic heterocycles. The molecule has 27 heavy (non-hydrogen) atoms. The standard InChI is InChI=1S/C21H32N2O4/c1-20(2,3)17(22-19(26)27-21(4,5)6)18(25)23-12-15-10-8-7-9-14(15)11-16(23)13-24/h7-10,16-17,24H,11-13H2,1-6H3,(H,22,26). The first-order valence-corrected chi connectivity index (χ1v) is 9.40. The molecule has 1 aliphatic rings. The van der Waals surface area contributed by atoms with Crippen LogP contribution < -0.4 is 5.32 Å². The second-order valence-electron chi connectivity index (χ2n) is 9.22. The molecular formula is C21H32N2O4. The first-order valence-electron chi connectivity index (χ1n) is 9.40. The third kappa shape index (κ3) is 5.45. The molecule has 2 unspecified atom stereocenters. The molecule has 0 fully saturated rings. The van der Waals surface area contributed by atoms with Gasteiger partial charge in [-0.3, -0.25) is 4.79 Å². The van der Waals surface area contributed by atoms with Gasteiger partial charge in [-0.25, -0.2) is 4.79 Å². The highest BCUT2D eigenvalue weighted by atomic mass is 16.6. The molecule has 0 radical (unpaired) electrons. The molecule has 1 aromatic carbocycles. The molecule has 6 heteroatoms. The summed E-state index contributed by atoms with van der Waals surface area (Å²) in [6.07, 6.45) is -0.0180. The van der Waals surface area contributed by atoms with Crippen LogP contribution in [-0.2, 0) is 22.5 Å². The van der Waals surface area contributed by atoms with Crippen LogP contribution >= 0.6 is 0 Å². The van der Waals surface area contributed by atoms with E-state index in [2.05, 4.69) is 5.32 Å². The Morgan fingerprint density at radius 3 is 2.30 bits per heavy atom. The number of amides is 2. The highest BCUT2D eigenvalue weighted by Gasteiger charge is 2.40. The summed E-state index contributed by atoms with van der Waals surface area (Å²) in [5, 5.41) is 12.6. The van der Waals surface area contributed by atoms with Crippen LogP contribution in [0.25, 0.3) is 0 Å². The highest BCUT2D eigenvalue weighted by molar-refractivity contribution is 5.87. The van der Waals surface area contributed by atoms with E-state index >= 15 is 0 Å². The number of nitrogens with one attached hydrogen (secondary N) is 1. The largest absolute Gasteiger partial charge is 0.444 e. The number of benzene rings is 1. The number of hydrogen-bond acceptors (Lipinski definition) is 4. The summed E-state index contributed by atoms with van der Waals surface area (Å²) in [5.74, 6) is -0.207. The van der Waals surface area contributed by atoms with E-state index < -0.39 is 23.2 Å². The lowest BCUT2D eigenvalue weighted by molar-refractivity contribution is -0.140. The molecule has 2 atom stereocenters. The number of carbonyl (C=O) groups excluding carboxylic acids is 2. The summed E-state index contributed by atoms with van der Waals surface area (Å²) in [6, 6.07) is 6.87. The van der Waals surface area contributed by atoms with Crippen molar-refractivity contribution in [2.24, 2.45) is 5.41 Å². The summed E-state index contributed by atoms with van der Waals surface area (Å²) in [6.45, 7) is 11.3. The predicted molar refractivity (Wildman–Crippen MR) is 104 cm³/mol. The highest BCUT2D eigenvalue weighted by Crippen LogP contribution is 2.28. The van der Waals surface area contributed by atoms with Crippen LogP contribution in [0.3, 0.4) is 0 Å². The molecule has 2 N–H and O–H groups in total. The zero-order valence-electron chi connectivity index (χ0n) is 17.2. The zero-order valence-corrected chi connectivity index (χ0v) is 17.2. The van der Waals surface area contributed by atoms with Gasteiger partial charge in [0.15, 0.2) is 0 Å². The smallest absolute Gasteiger partial charge is 0.408 e. The third-order valence-electron chi connectivity index (χ3n) is 4.62. The normalized spacial score (nSPS) is 18.5. The van der Waals surface area contributed by atoms with Crippen LogP contribution in [0.5, 0.6) is 0 Å².